The molecule has 1 aliphatic heterocycles. The lowest BCUT2D eigenvalue weighted by Crippen LogP contribution is -2.39. The molecule has 1 aromatic rings. The van der Waals surface area contributed by atoms with E-state index in [4.69, 9.17) is 5.73 Å². The monoisotopic (exact) mass is 236 g/mol. The molecule has 3 heteroatoms. The van der Waals surface area contributed by atoms with Gasteiger partial charge in [-0.25, -0.2) is 0 Å². The minimum atomic E-state index is 0.616. The maximum atomic E-state index is 5.62. The number of thioether (sulfide) groups is 1. The summed E-state index contributed by atoms with van der Waals surface area (Å²) in [5.41, 5.74) is 8.43. The van der Waals surface area contributed by atoms with E-state index in [0.717, 1.165) is 19.5 Å². The highest BCUT2D eigenvalue weighted by Crippen LogP contribution is 2.39. The van der Waals surface area contributed by atoms with E-state index >= 15 is 0 Å². The number of benzene rings is 1. The molecule has 0 saturated heterocycles. The molecule has 0 spiro atoms. The largest absolute Gasteiger partial charge is 0.367 e. The second-order valence-corrected chi connectivity index (χ2v) is 5.48. The standard InChI is InChI=1S/C13H20N2S/c1-10-5-3-6-12-13(10)15(8-4-7-14)11(2)9-16-12/h3,5-6,11H,4,7-9,14H2,1-2H3. The van der Waals surface area contributed by atoms with Crippen LogP contribution in [0.3, 0.4) is 0 Å². The quantitative estimate of drug-likeness (QED) is 0.875. The number of nitrogens with two attached hydrogens (primary N) is 1. The van der Waals surface area contributed by atoms with Crippen molar-refractivity contribution in [3.05, 3.63) is 23.8 Å². The van der Waals surface area contributed by atoms with Crippen LogP contribution in [0.1, 0.15) is 18.9 Å². The summed E-state index contributed by atoms with van der Waals surface area (Å²) in [5, 5.41) is 0. The number of anilines is 1. The predicted octanol–water partition coefficient (Wildman–Crippen LogP) is 2.64. The number of hydrogen-bond donors (Lipinski definition) is 1. The third-order valence-corrected chi connectivity index (χ3v) is 4.39. The van der Waals surface area contributed by atoms with Crippen molar-refractivity contribution in [2.75, 3.05) is 23.7 Å². The van der Waals surface area contributed by atoms with Crippen LogP contribution in [0.5, 0.6) is 0 Å². The van der Waals surface area contributed by atoms with Crippen LogP contribution in [0.2, 0.25) is 0 Å². The highest BCUT2D eigenvalue weighted by molar-refractivity contribution is 7.99. The van der Waals surface area contributed by atoms with Gasteiger partial charge in [-0.2, -0.15) is 0 Å². The van der Waals surface area contributed by atoms with Crippen LogP contribution in [0.15, 0.2) is 23.1 Å². The van der Waals surface area contributed by atoms with E-state index in [1.54, 1.807) is 0 Å². The number of rotatable bonds is 3. The summed E-state index contributed by atoms with van der Waals surface area (Å²) in [7, 11) is 0. The first-order chi connectivity index (χ1) is 7.74. The van der Waals surface area contributed by atoms with E-state index < -0.39 is 0 Å². The summed E-state index contributed by atoms with van der Waals surface area (Å²) in [4.78, 5) is 3.95. The molecule has 1 heterocycles. The van der Waals surface area contributed by atoms with Gasteiger partial charge in [0.05, 0.1) is 5.69 Å². The average molecular weight is 236 g/mol. The summed E-state index contributed by atoms with van der Waals surface area (Å²) in [6, 6.07) is 7.20. The Morgan fingerprint density at radius 3 is 3.06 bits per heavy atom. The molecule has 2 rings (SSSR count). The highest BCUT2D eigenvalue weighted by Gasteiger charge is 2.24. The zero-order valence-corrected chi connectivity index (χ0v) is 10.9. The number of fused-ring (bicyclic) bond motifs is 1. The Balaban J connectivity index is 2.31. The minimum absolute atomic E-state index is 0.616. The Hall–Kier alpha value is -0.670. The summed E-state index contributed by atoms with van der Waals surface area (Å²) < 4.78 is 0. The third kappa shape index (κ3) is 2.20. The van der Waals surface area contributed by atoms with Gasteiger partial charge in [-0.3, -0.25) is 0 Å². The molecule has 2 nitrogen and oxygen atoms in total. The number of hydrogen-bond acceptors (Lipinski definition) is 3. The smallest absolute Gasteiger partial charge is 0.0536 e. The van der Waals surface area contributed by atoms with Gasteiger partial charge in [-0.05, 0) is 38.4 Å². The SMILES string of the molecule is Cc1cccc2c1N(CCCN)C(C)CS2. The van der Waals surface area contributed by atoms with Crippen molar-refractivity contribution in [3.8, 4) is 0 Å². The van der Waals surface area contributed by atoms with Crippen LogP contribution in [0.4, 0.5) is 5.69 Å². The predicted molar refractivity (Wildman–Crippen MR) is 72.4 cm³/mol. The molecular formula is C13H20N2S. The van der Waals surface area contributed by atoms with Crippen LogP contribution < -0.4 is 10.6 Å². The lowest BCUT2D eigenvalue weighted by atomic mass is 10.1. The van der Waals surface area contributed by atoms with E-state index in [1.807, 2.05) is 11.8 Å². The van der Waals surface area contributed by atoms with Gasteiger partial charge < -0.3 is 10.6 Å². The molecule has 1 aliphatic rings. The first kappa shape index (κ1) is 11.8. The third-order valence-electron chi connectivity index (χ3n) is 3.10. The van der Waals surface area contributed by atoms with Crippen LogP contribution in [0, 0.1) is 6.92 Å². The van der Waals surface area contributed by atoms with E-state index in [2.05, 4.69) is 36.9 Å². The Kier molecular flexibility index (Phi) is 3.77. The zero-order chi connectivity index (χ0) is 11.5. The lowest BCUT2D eigenvalue weighted by molar-refractivity contribution is 0.650. The molecule has 0 radical (unpaired) electrons. The Labute approximate surface area is 102 Å². The first-order valence-corrected chi connectivity index (χ1v) is 6.91. The fourth-order valence-electron chi connectivity index (χ4n) is 2.23. The van der Waals surface area contributed by atoms with Gasteiger partial charge in [-0.15, -0.1) is 11.8 Å². The maximum absolute atomic E-state index is 5.62. The first-order valence-electron chi connectivity index (χ1n) is 5.93. The van der Waals surface area contributed by atoms with Crippen LogP contribution in [0.25, 0.3) is 0 Å². The molecule has 0 fully saturated rings. The zero-order valence-electron chi connectivity index (χ0n) is 10.1. The Morgan fingerprint density at radius 1 is 1.50 bits per heavy atom. The van der Waals surface area contributed by atoms with Gasteiger partial charge in [0, 0.05) is 23.2 Å². The molecule has 0 aliphatic carbocycles. The van der Waals surface area contributed by atoms with Crippen molar-refractivity contribution in [2.45, 2.75) is 31.2 Å². The van der Waals surface area contributed by atoms with Crippen molar-refractivity contribution < 1.29 is 0 Å². The van der Waals surface area contributed by atoms with Gasteiger partial charge in [0.25, 0.3) is 0 Å². The fraction of sp³-hybridized carbons (Fsp3) is 0.538. The van der Waals surface area contributed by atoms with E-state index in [9.17, 15) is 0 Å². The van der Waals surface area contributed by atoms with Crippen molar-refractivity contribution in [3.63, 3.8) is 0 Å². The van der Waals surface area contributed by atoms with Crippen molar-refractivity contribution >= 4 is 17.4 Å². The molecular weight excluding hydrogens is 216 g/mol. The van der Waals surface area contributed by atoms with Gasteiger partial charge in [0.2, 0.25) is 0 Å². The summed E-state index contributed by atoms with van der Waals surface area (Å²) in [6.07, 6.45) is 1.07. The molecule has 0 bridgehead atoms. The fourth-order valence-corrected chi connectivity index (χ4v) is 3.42. The average Bonchev–Trinajstić information content (AvgIpc) is 2.28. The topological polar surface area (TPSA) is 29.3 Å². The molecule has 1 aromatic carbocycles. The molecule has 0 saturated carbocycles. The van der Waals surface area contributed by atoms with Crippen LogP contribution in [-0.4, -0.2) is 24.9 Å². The van der Waals surface area contributed by atoms with Gasteiger partial charge >= 0.3 is 0 Å². The normalized spacial score (nSPS) is 19.7. The number of aryl methyl sites for hydroxylation is 1. The van der Waals surface area contributed by atoms with Crippen molar-refractivity contribution in [1.29, 1.82) is 0 Å². The van der Waals surface area contributed by atoms with Crippen molar-refractivity contribution in [2.24, 2.45) is 5.73 Å². The minimum Gasteiger partial charge on any atom is -0.367 e. The van der Waals surface area contributed by atoms with E-state index in [-0.39, 0.29) is 0 Å². The van der Waals surface area contributed by atoms with Crippen LogP contribution >= 0.6 is 11.8 Å². The molecule has 0 aromatic heterocycles. The second kappa shape index (κ2) is 5.11. The number of nitrogens with zero attached hydrogens (tertiary/aromatic N) is 1. The molecule has 0 amide bonds. The Morgan fingerprint density at radius 2 is 2.31 bits per heavy atom. The second-order valence-electron chi connectivity index (χ2n) is 4.42. The number of para-hydroxylation sites is 1. The van der Waals surface area contributed by atoms with Crippen molar-refractivity contribution in [1.82, 2.24) is 0 Å². The molecule has 16 heavy (non-hydrogen) atoms. The van der Waals surface area contributed by atoms with Crippen LogP contribution in [-0.2, 0) is 0 Å². The molecule has 2 N–H and O–H groups in total. The summed E-state index contributed by atoms with van der Waals surface area (Å²) in [6.45, 7) is 6.36. The van der Waals surface area contributed by atoms with Gasteiger partial charge in [0.15, 0.2) is 0 Å². The van der Waals surface area contributed by atoms with E-state index in [0.29, 0.717) is 6.04 Å². The maximum Gasteiger partial charge on any atom is 0.0536 e. The molecule has 1 unspecified atom stereocenters. The summed E-state index contributed by atoms with van der Waals surface area (Å²) >= 11 is 1.98. The van der Waals surface area contributed by atoms with E-state index in [1.165, 1.54) is 21.9 Å². The van der Waals surface area contributed by atoms with Gasteiger partial charge in [0.1, 0.15) is 0 Å². The summed E-state index contributed by atoms with van der Waals surface area (Å²) in [5.74, 6) is 1.18. The molecule has 88 valence electrons. The highest BCUT2D eigenvalue weighted by atomic mass is 32.2. The molecule has 1 atom stereocenters. The van der Waals surface area contributed by atoms with Gasteiger partial charge in [-0.1, -0.05) is 12.1 Å². The Bertz CT molecular complexity index is 365. The lowest BCUT2D eigenvalue weighted by Gasteiger charge is -2.37.